The van der Waals surface area contributed by atoms with Gasteiger partial charge in [0.05, 0.1) is 0 Å². The van der Waals surface area contributed by atoms with Crippen molar-refractivity contribution in [3.05, 3.63) is 76.7 Å². The molecule has 0 heteroatoms. The van der Waals surface area contributed by atoms with Gasteiger partial charge in [0.1, 0.15) is 0 Å². The predicted molar refractivity (Wildman–Crippen MR) is 65.4 cm³/mol. The van der Waals surface area contributed by atoms with Crippen LogP contribution >= 0.6 is 0 Å². The first kappa shape index (κ1) is 8.58. The topological polar surface area (TPSA) is 0 Å². The predicted octanol–water partition coefficient (Wildman–Crippen LogP) is 3.62. The zero-order valence-corrected chi connectivity index (χ0v) is 9.33. The van der Waals surface area contributed by atoms with Crippen molar-refractivity contribution < 1.29 is 0 Å². The number of hydrogen-bond donors (Lipinski definition) is 0. The fraction of sp³-hybridized carbons (Fsp3) is 0.188. The molecule has 2 aliphatic carbocycles. The van der Waals surface area contributed by atoms with Gasteiger partial charge in [0, 0.05) is 11.3 Å². The summed E-state index contributed by atoms with van der Waals surface area (Å²) in [5.41, 5.74) is 6.34. The Hall–Kier alpha value is -1.56. The Kier molecular flexibility index (Phi) is 1.38. The van der Waals surface area contributed by atoms with E-state index in [9.17, 15) is 0 Å². The summed E-state index contributed by atoms with van der Waals surface area (Å²) in [5, 5.41) is 0. The minimum atomic E-state index is 0.321. The largest absolute Gasteiger partial charge is 0.0622 e. The van der Waals surface area contributed by atoms with Crippen molar-refractivity contribution in [2.45, 2.75) is 18.8 Å². The van der Waals surface area contributed by atoms with Crippen LogP contribution in [0.25, 0.3) is 0 Å². The maximum atomic E-state index is 2.27. The highest BCUT2D eigenvalue weighted by Gasteiger charge is 2.67. The van der Waals surface area contributed by atoms with Crippen LogP contribution in [0.1, 0.15) is 28.7 Å². The first-order valence-electron chi connectivity index (χ1n) is 5.86. The van der Waals surface area contributed by atoms with Gasteiger partial charge in [-0.05, 0) is 35.6 Å². The molecule has 2 aromatic rings. The molecule has 0 heterocycles. The molecule has 0 amide bonds. The molecule has 4 rings (SSSR count). The van der Waals surface area contributed by atoms with Crippen LogP contribution in [0.2, 0.25) is 0 Å². The maximum Gasteiger partial charge on any atom is 0.0323 e. The zero-order valence-electron chi connectivity index (χ0n) is 9.33. The van der Waals surface area contributed by atoms with Gasteiger partial charge in [-0.2, -0.15) is 0 Å². The van der Waals surface area contributed by atoms with E-state index in [0.29, 0.717) is 5.41 Å². The highest BCUT2D eigenvalue weighted by atomic mass is 14.7. The third kappa shape index (κ3) is 0.788. The van der Waals surface area contributed by atoms with Crippen LogP contribution < -0.4 is 0 Å². The van der Waals surface area contributed by atoms with Crippen molar-refractivity contribution in [1.29, 1.82) is 0 Å². The van der Waals surface area contributed by atoms with Crippen molar-refractivity contribution in [2.24, 2.45) is 0 Å². The van der Waals surface area contributed by atoms with Gasteiger partial charge in [-0.3, -0.25) is 0 Å². The molecule has 2 aliphatic rings. The Bertz CT molecular complexity index is 568. The van der Waals surface area contributed by atoms with Crippen molar-refractivity contribution >= 4 is 0 Å². The Morgan fingerprint density at radius 1 is 0.938 bits per heavy atom. The summed E-state index contributed by atoms with van der Waals surface area (Å²) in [6.45, 7) is 2.23. The molecule has 1 fully saturated rings. The summed E-state index contributed by atoms with van der Waals surface area (Å²) in [7, 11) is 0. The third-order valence-corrected chi connectivity index (χ3v) is 4.12. The van der Waals surface area contributed by atoms with E-state index in [2.05, 4.69) is 55.5 Å². The van der Waals surface area contributed by atoms with Gasteiger partial charge in [-0.15, -0.1) is 0 Å². The van der Waals surface area contributed by atoms with Crippen LogP contribution in [-0.4, -0.2) is 0 Å². The second-order valence-electron chi connectivity index (χ2n) is 4.92. The normalized spacial score (nSPS) is 25.6. The average molecular weight is 205 g/mol. The van der Waals surface area contributed by atoms with E-state index >= 15 is 0 Å². The molecule has 1 atom stereocenters. The number of hydrogen-bond acceptors (Lipinski definition) is 0. The van der Waals surface area contributed by atoms with E-state index in [1.54, 1.807) is 11.5 Å². The Morgan fingerprint density at radius 3 is 2.56 bits per heavy atom. The quantitative estimate of drug-likeness (QED) is 0.667. The first-order chi connectivity index (χ1) is 7.84. The highest BCUT2D eigenvalue weighted by molar-refractivity contribution is 5.78. The Labute approximate surface area is 95.9 Å². The summed E-state index contributed by atoms with van der Waals surface area (Å²) in [6.07, 6.45) is 1.25. The van der Waals surface area contributed by atoms with Crippen LogP contribution in [0, 0.1) is 12.8 Å². The van der Waals surface area contributed by atoms with E-state index in [4.69, 9.17) is 0 Å². The van der Waals surface area contributed by atoms with Gasteiger partial charge in [-0.1, -0.05) is 48.5 Å². The SMILES string of the molecule is Cc1cccc2c1C1(c3ccccc3)C[C]21. The lowest BCUT2D eigenvalue weighted by atomic mass is 9.71. The molecule has 1 radical (unpaired) electrons. The lowest BCUT2D eigenvalue weighted by Gasteiger charge is -2.32. The maximum absolute atomic E-state index is 2.27. The summed E-state index contributed by atoms with van der Waals surface area (Å²) < 4.78 is 0. The fourth-order valence-electron chi connectivity index (χ4n) is 3.35. The van der Waals surface area contributed by atoms with Gasteiger partial charge in [0.25, 0.3) is 0 Å². The smallest absolute Gasteiger partial charge is 0.0323 e. The third-order valence-electron chi connectivity index (χ3n) is 4.12. The molecule has 1 saturated carbocycles. The molecule has 0 saturated heterocycles. The number of rotatable bonds is 1. The van der Waals surface area contributed by atoms with E-state index in [1.165, 1.54) is 23.1 Å². The molecular weight excluding hydrogens is 192 g/mol. The summed E-state index contributed by atoms with van der Waals surface area (Å²) in [6, 6.07) is 17.6. The highest BCUT2D eigenvalue weighted by Crippen LogP contribution is 2.73. The van der Waals surface area contributed by atoms with Crippen LogP contribution in [0.15, 0.2) is 48.5 Å². The van der Waals surface area contributed by atoms with Crippen LogP contribution in [-0.2, 0) is 5.41 Å². The van der Waals surface area contributed by atoms with E-state index < -0.39 is 0 Å². The van der Waals surface area contributed by atoms with Gasteiger partial charge in [0.15, 0.2) is 0 Å². The van der Waals surface area contributed by atoms with Gasteiger partial charge in [0.2, 0.25) is 0 Å². The zero-order chi connectivity index (χ0) is 10.8. The van der Waals surface area contributed by atoms with Crippen molar-refractivity contribution in [1.82, 2.24) is 0 Å². The van der Waals surface area contributed by atoms with Crippen LogP contribution in [0.3, 0.4) is 0 Å². The standard InChI is InChI=1S/C16H13/c1-11-6-5-9-13-14-10-16(14,15(11)13)12-7-3-2-4-8-12/h2-9H,10H2,1H3. The second kappa shape index (κ2) is 2.57. The van der Waals surface area contributed by atoms with E-state index in [-0.39, 0.29) is 0 Å². The Balaban J connectivity index is 1.93. The van der Waals surface area contributed by atoms with Crippen molar-refractivity contribution in [3.8, 4) is 0 Å². The lowest BCUT2D eigenvalue weighted by molar-refractivity contribution is 0.794. The molecule has 0 aliphatic heterocycles. The van der Waals surface area contributed by atoms with Gasteiger partial charge >= 0.3 is 0 Å². The van der Waals surface area contributed by atoms with Gasteiger partial charge in [-0.25, -0.2) is 0 Å². The molecule has 77 valence electrons. The first-order valence-corrected chi connectivity index (χ1v) is 5.86. The summed E-state index contributed by atoms with van der Waals surface area (Å²) >= 11 is 0. The molecule has 0 aromatic heterocycles. The Morgan fingerprint density at radius 2 is 1.75 bits per heavy atom. The van der Waals surface area contributed by atoms with E-state index in [1.807, 2.05) is 0 Å². The number of fused-ring (bicyclic) bond motifs is 4. The monoisotopic (exact) mass is 205 g/mol. The number of aryl methyl sites for hydroxylation is 1. The minimum absolute atomic E-state index is 0.321. The lowest BCUT2D eigenvalue weighted by Crippen LogP contribution is -2.24. The van der Waals surface area contributed by atoms with Crippen LogP contribution in [0.5, 0.6) is 0 Å². The molecule has 1 unspecified atom stereocenters. The molecule has 2 aromatic carbocycles. The molecular formula is C16H13. The van der Waals surface area contributed by atoms with Crippen molar-refractivity contribution in [3.63, 3.8) is 0 Å². The minimum Gasteiger partial charge on any atom is -0.0622 e. The van der Waals surface area contributed by atoms with E-state index in [0.717, 1.165) is 0 Å². The summed E-state index contributed by atoms with van der Waals surface area (Å²) in [4.78, 5) is 0. The molecule has 16 heavy (non-hydrogen) atoms. The molecule has 0 spiro atoms. The summed E-state index contributed by atoms with van der Waals surface area (Å²) in [5.74, 6) is 1.65. The molecule has 0 nitrogen and oxygen atoms in total. The average Bonchev–Trinajstić information content (AvgIpc) is 2.96. The molecule has 0 N–H and O–H groups in total. The van der Waals surface area contributed by atoms with Crippen molar-refractivity contribution in [2.75, 3.05) is 0 Å². The van der Waals surface area contributed by atoms with Crippen LogP contribution in [0.4, 0.5) is 0 Å². The molecule has 0 bridgehead atoms. The fourth-order valence-corrected chi connectivity index (χ4v) is 3.35. The van der Waals surface area contributed by atoms with Gasteiger partial charge < -0.3 is 0 Å². The number of benzene rings is 2. The second-order valence-corrected chi connectivity index (χ2v) is 4.92.